The Morgan fingerprint density at radius 2 is 2.00 bits per heavy atom. The molecule has 2 heterocycles. The monoisotopic (exact) mass is 340 g/mol. The SMILES string of the molecule is CC12CCC3C(CCC4CCNCCC43C)C1CC=C2n1ccnn1. The smallest absolute Gasteiger partial charge is 0.0697 e. The second-order valence-electron chi connectivity index (χ2n) is 9.57. The normalized spacial score (nSPS) is 46.6. The predicted octanol–water partition coefficient (Wildman–Crippen LogP) is 3.97. The van der Waals surface area contributed by atoms with Crippen LogP contribution in [0.2, 0.25) is 0 Å². The summed E-state index contributed by atoms with van der Waals surface area (Å²) in [4.78, 5) is 0. The van der Waals surface area contributed by atoms with Crippen LogP contribution in [-0.4, -0.2) is 28.1 Å². The molecule has 136 valence electrons. The summed E-state index contributed by atoms with van der Waals surface area (Å²) in [6, 6.07) is 0. The molecule has 1 aromatic rings. The van der Waals surface area contributed by atoms with Crippen molar-refractivity contribution in [2.24, 2.45) is 34.5 Å². The lowest BCUT2D eigenvalue weighted by atomic mass is 9.46. The molecule has 0 spiro atoms. The summed E-state index contributed by atoms with van der Waals surface area (Å²) in [5, 5.41) is 12.1. The molecule has 0 bridgehead atoms. The van der Waals surface area contributed by atoms with Crippen LogP contribution >= 0.6 is 0 Å². The van der Waals surface area contributed by atoms with Crippen molar-refractivity contribution in [1.29, 1.82) is 0 Å². The summed E-state index contributed by atoms with van der Waals surface area (Å²) >= 11 is 0. The number of allylic oxidation sites excluding steroid dienone is 2. The molecule has 0 radical (unpaired) electrons. The van der Waals surface area contributed by atoms with E-state index in [1.807, 2.05) is 17.1 Å². The maximum absolute atomic E-state index is 4.32. The minimum atomic E-state index is 0.293. The zero-order valence-electron chi connectivity index (χ0n) is 15.7. The Balaban J connectivity index is 1.46. The van der Waals surface area contributed by atoms with E-state index in [2.05, 4.69) is 35.6 Å². The fourth-order valence-electron chi connectivity index (χ4n) is 7.39. The zero-order chi connectivity index (χ0) is 17.1. The molecule has 4 heteroatoms. The van der Waals surface area contributed by atoms with Crippen molar-refractivity contribution in [3.8, 4) is 0 Å². The van der Waals surface area contributed by atoms with Gasteiger partial charge in [0.05, 0.1) is 12.4 Å². The van der Waals surface area contributed by atoms with E-state index in [1.54, 1.807) is 0 Å². The molecule has 1 aromatic heterocycles. The molecule has 6 atom stereocenters. The number of fused-ring (bicyclic) bond motifs is 5. The average molecular weight is 341 g/mol. The van der Waals surface area contributed by atoms with Crippen LogP contribution in [0.15, 0.2) is 18.5 Å². The third-order valence-corrected chi connectivity index (χ3v) is 8.78. The van der Waals surface area contributed by atoms with Crippen LogP contribution in [0.25, 0.3) is 5.70 Å². The van der Waals surface area contributed by atoms with Gasteiger partial charge < -0.3 is 5.32 Å². The van der Waals surface area contributed by atoms with Gasteiger partial charge in [-0.05, 0) is 87.1 Å². The molecule has 0 aromatic carbocycles. The van der Waals surface area contributed by atoms with Gasteiger partial charge in [-0.15, -0.1) is 5.10 Å². The molecule has 6 unspecified atom stereocenters. The third-order valence-electron chi connectivity index (χ3n) is 8.78. The highest BCUT2D eigenvalue weighted by molar-refractivity contribution is 5.55. The molecule has 2 saturated carbocycles. The summed E-state index contributed by atoms with van der Waals surface area (Å²) in [5.74, 6) is 3.57. The highest BCUT2D eigenvalue weighted by atomic mass is 15.4. The Morgan fingerprint density at radius 1 is 1.08 bits per heavy atom. The molecule has 0 amide bonds. The standard InChI is InChI=1S/C21H32N4/c1-20-10-12-22-11-8-15(20)3-4-16-17-5-6-19(25-14-13-23-24-25)21(17,2)9-7-18(16)20/h6,13-18,22H,3-5,7-12H2,1-2H3. The molecule has 1 N–H and O–H groups in total. The van der Waals surface area contributed by atoms with E-state index in [9.17, 15) is 0 Å². The Bertz CT molecular complexity index is 665. The lowest BCUT2D eigenvalue weighted by Crippen LogP contribution is -2.51. The fraction of sp³-hybridized carbons (Fsp3) is 0.810. The molecule has 5 rings (SSSR count). The van der Waals surface area contributed by atoms with Crippen molar-refractivity contribution in [3.63, 3.8) is 0 Å². The van der Waals surface area contributed by atoms with E-state index >= 15 is 0 Å². The van der Waals surface area contributed by atoms with Crippen molar-refractivity contribution < 1.29 is 0 Å². The van der Waals surface area contributed by atoms with E-state index in [1.165, 1.54) is 63.7 Å². The van der Waals surface area contributed by atoms with Gasteiger partial charge in [0, 0.05) is 11.1 Å². The first kappa shape index (κ1) is 16.0. The maximum Gasteiger partial charge on any atom is 0.0697 e. The lowest BCUT2D eigenvalue weighted by molar-refractivity contribution is -0.0799. The number of rotatable bonds is 1. The van der Waals surface area contributed by atoms with Gasteiger partial charge in [-0.25, -0.2) is 4.68 Å². The van der Waals surface area contributed by atoms with Gasteiger partial charge in [0.1, 0.15) is 0 Å². The van der Waals surface area contributed by atoms with E-state index in [4.69, 9.17) is 0 Å². The molecule has 1 saturated heterocycles. The minimum Gasteiger partial charge on any atom is -0.317 e. The summed E-state index contributed by atoms with van der Waals surface area (Å²) in [7, 11) is 0. The number of aromatic nitrogens is 3. The van der Waals surface area contributed by atoms with Crippen LogP contribution in [0.1, 0.15) is 58.8 Å². The second kappa shape index (κ2) is 5.67. The molecule has 3 fully saturated rings. The first-order valence-electron chi connectivity index (χ1n) is 10.4. The predicted molar refractivity (Wildman–Crippen MR) is 99.7 cm³/mol. The van der Waals surface area contributed by atoms with Gasteiger partial charge in [-0.1, -0.05) is 25.1 Å². The van der Waals surface area contributed by atoms with Crippen LogP contribution in [0.3, 0.4) is 0 Å². The highest BCUT2D eigenvalue weighted by Crippen LogP contribution is 2.65. The largest absolute Gasteiger partial charge is 0.317 e. The number of nitrogens with zero attached hydrogens (tertiary/aromatic N) is 3. The van der Waals surface area contributed by atoms with Gasteiger partial charge in [-0.3, -0.25) is 0 Å². The average Bonchev–Trinajstić information content (AvgIpc) is 3.18. The quantitative estimate of drug-likeness (QED) is 0.841. The molecule has 25 heavy (non-hydrogen) atoms. The van der Waals surface area contributed by atoms with Gasteiger partial charge in [-0.2, -0.15) is 0 Å². The third kappa shape index (κ3) is 2.22. The molecular formula is C21H32N4. The molecule has 1 aliphatic heterocycles. The molecule has 4 aliphatic rings. The Hall–Kier alpha value is -1.16. The van der Waals surface area contributed by atoms with E-state index in [0.717, 1.165) is 23.7 Å². The van der Waals surface area contributed by atoms with Crippen LogP contribution in [0, 0.1) is 34.5 Å². The van der Waals surface area contributed by atoms with E-state index < -0.39 is 0 Å². The Labute approximate surface area is 151 Å². The van der Waals surface area contributed by atoms with Gasteiger partial charge in [0.25, 0.3) is 0 Å². The van der Waals surface area contributed by atoms with Crippen molar-refractivity contribution in [3.05, 3.63) is 18.5 Å². The first-order chi connectivity index (χ1) is 12.1. The van der Waals surface area contributed by atoms with Crippen LogP contribution in [-0.2, 0) is 0 Å². The van der Waals surface area contributed by atoms with Crippen LogP contribution < -0.4 is 5.32 Å². The Kier molecular flexibility index (Phi) is 3.64. The Morgan fingerprint density at radius 3 is 2.84 bits per heavy atom. The number of hydrogen-bond acceptors (Lipinski definition) is 3. The topological polar surface area (TPSA) is 42.7 Å². The summed E-state index contributed by atoms with van der Waals surface area (Å²) in [6.45, 7) is 7.61. The number of nitrogens with one attached hydrogen (secondary N) is 1. The number of hydrogen-bond donors (Lipinski definition) is 1. The summed E-state index contributed by atoms with van der Waals surface area (Å²) < 4.78 is 2.04. The van der Waals surface area contributed by atoms with Crippen molar-refractivity contribution in [2.75, 3.05) is 13.1 Å². The summed E-state index contributed by atoms with van der Waals surface area (Å²) in [6.07, 6.45) is 16.0. The minimum absolute atomic E-state index is 0.293. The summed E-state index contributed by atoms with van der Waals surface area (Å²) in [5.41, 5.74) is 2.27. The molecular weight excluding hydrogens is 308 g/mol. The van der Waals surface area contributed by atoms with E-state index in [0.29, 0.717) is 10.8 Å². The molecule has 3 aliphatic carbocycles. The maximum atomic E-state index is 4.32. The van der Waals surface area contributed by atoms with Crippen molar-refractivity contribution >= 4 is 5.70 Å². The zero-order valence-corrected chi connectivity index (χ0v) is 15.7. The lowest BCUT2D eigenvalue weighted by Gasteiger charge is -2.58. The van der Waals surface area contributed by atoms with E-state index in [-0.39, 0.29) is 0 Å². The van der Waals surface area contributed by atoms with Crippen molar-refractivity contribution in [2.45, 2.75) is 58.8 Å². The van der Waals surface area contributed by atoms with Gasteiger partial charge in [0.2, 0.25) is 0 Å². The first-order valence-corrected chi connectivity index (χ1v) is 10.4. The second-order valence-corrected chi connectivity index (χ2v) is 9.57. The van der Waals surface area contributed by atoms with Crippen molar-refractivity contribution in [1.82, 2.24) is 20.3 Å². The van der Waals surface area contributed by atoms with Crippen LogP contribution in [0.5, 0.6) is 0 Å². The van der Waals surface area contributed by atoms with Gasteiger partial charge in [0.15, 0.2) is 0 Å². The van der Waals surface area contributed by atoms with Crippen LogP contribution in [0.4, 0.5) is 0 Å². The fourth-order valence-corrected chi connectivity index (χ4v) is 7.39. The van der Waals surface area contributed by atoms with Gasteiger partial charge >= 0.3 is 0 Å². The highest BCUT2D eigenvalue weighted by Gasteiger charge is 2.58. The molecule has 4 nitrogen and oxygen atoms in total.